The van der Waals surface area contributed by atoms with Gasteiger partial charge in [-0.15, -0.1) is 0 Å². The number of ether oxygens (including phenoxy) is 1. The van der Waals surface area contributed by atoms with Gasteiger partial charge in [0.15, 0.2) is 11.5 Å². The Bertz CT molecular complexity index is 747. The van der Waals surface area contributed by atoms with E-state index in [1.54, 1.807) is 18.2 Å². The molecule has 7 nitrogen and oxygen atoms in total. The van der Waals surface area contributed by atoms with Crippen LogP contribution in [-0.2, 0) is 22.6 Å². The molecule has 0 aliphatic heterocycles. The molecule has 0 aliphatic carbocycles. The summed E-state index contributed by atoms with van der Waals surface area (Å²) in [7, 11) is 0. The average Bonchev–Trinajstić information content (AvgIpc) is 2.63. The van der Waals surface area contributed by atoms with E-state index in [1.165, 1.54) is 12.1 Å². The van der Waals surface area contributed by atoms with Crippen LogP contribution in [0.3, 0.4) is 0 Å². The van der Waals surface area contributed by atoms with E-state index in [-0.39, 0.29) is 24.5 Å². The van der Waals surface area contributed by atoms with Crippen molar-refractivity contribution >= 4 is 12.1 Å². The molecule has 2 aromatic rings. The van der Waals surface area contributed by atoms with Crippen molar-refractivity contribution in [2.24, 2.45) is 0 Å². The van der Waals surface area contributed by atoms with Crippen LogP contribution in [-0.4, -0.2) is 33.4 Å². The van der Waals surface area contributed by atoms with Gasteiger partial charge in [0.05, 0.1) is 0 Å². The second-order valence-corrected chi connectivity index (χ2v) is 5.81. The van der Waals surface area contributed by atoms with E-state index in [2.05, 4.69) is 5.32 Å². The van der Waals surface area contributed by atoms with Gasteiger partial charge in [0.25, 0.3) is 0 Å². The normalized spacial score (nSPS) is 11.5. The summed E-state index contributed by atoms with van der Waals surface area (Å²) >= 11 is 0. The Morgan fingerprint density at radius 1 is 1.00 bits per heavy atom. The number of carbonyl (C=O) groups excluding carboxylic acids is 1. The third-order valence-corrected chi connectivity index (χ3v) is 3.80. The number of aryl methyl sites for hydroxylation is 1. The Balaban J connectivity index is 1.79. The van der Waals surface area contributed by atoms with Crippen LogP contribution in [0.2, 0.25) is 0 Å². The van der Waals surface area contributed by atoms with Crippen LogP contribution in [0.5, 0.6) is 11.5 Å². The number of aromatic hydroxyl groups is 2. The number of hydrogen-bond donors (Lipinski definition) is 4. The fourth-order valence-corrected chi connectivity index (χ4v) is 2.40. The molecule has 0 heterocycles. The van der Waals surface area contributed by atoms with Gasteiger partial charge in [-0.1, -0.05) is 36.4 Å². The Labute approximate surface area is 150 Å². The van der Waals surface area contributed by atoms with Crippen molar-refractivity contribution in [1.29, 1.82) is 0 Å². The monoisotopic (exact) mass is 359 g/mol. The van der Waals surface area contributed by atoms with Crippen LogP contribution in [0, 0.1) is 0 Å². The lowest BCUT2D eigenvalue weighted by atomic mass is 10.0. The Morgan fingerprint density at radius 3 is 2.38 bits per heavy atom. The highest BCUT2D eigenvalue weighted by molar-refractivity contribution is 5.79. The number of benzene rings is 2. The summed E-state index contributed by atoms with van der Waals surface area (Å²) in [5.74, 6) is -1.57. The van der Waals surface area contributed by atoms with Crippen LogP contribution in [0.4, 0.5) is 4.79 Å². The van der Waals surface area contributed by atoms with E-state index in [9.17, 15) is 24.9 Å². The number of phenolic OH excluding ortho intramolecular Hbond substituents is 2. The fourth-order valence-electron chi connectivity index (χ4n) is 2.40. The smallest absolute Gasteiger partial charge is 0.408 e. The van der Waals surface area contributed by atoms with E-state index in [1.807, 2.05) is 18.2 Å². The van der Waals surface area contributed by atoms with E-state index in [0.717, 1.165) is 11.1 Å². The van der Waals surface area contributed by atoms with Crippen molar-refractivity contribution in [3.05, 3.63) is 59.7 Å². The SMILES string of the molecule is O=C(NC(CCCc1ccc(O)c(O)c1)C(=O)O)OCc1ccccc1. The van der Waals surface area contributed by atoms with Crippen molar-refractivity contribution in [2.45, 2.75) is 31.9 Å². The molecule has 26 heavy (non-hydrogen) atoms. The van der Waals surface area contributed by atoms with Gasteiger partial charge in [0.1, 0.15) is 12.6 Å². The number of alkyl carbamates (subject to hydrolysis) is 1. The van der Waals surface area contributed by atoms with Crippen molar-refractivity contribution in [2.75, 3.05) is 0 Å². The fraction of sp³-hybridized carbons (Fsp3) is 0.263. The molecule has 1 amide bonds. The minimum atomic E-state index is -1.14. The quantitative estimate of drug-likeness (QED) is 0.539. The summed E-state index contributed by atoms with van der Waals surface area (Å²) in [5, 5.41) is 30.3. The Kier molecular flexibility index (Phi) is 6.84. The maximum Gasteiger partial charge on any atom is 0.408 e. The minimum absolute atomic E-state index is 0.0613. The molecule has 1 unspecified atom stereocenters. The first kappa shape index (κ1) is 19.1. The number of rotatable bonds is 8. The first-order valence-electron chi connectivity index (χ1n) is 8.16. The van der Waals surface area contributed by atoms with Crippen LogP contribution in [0.25, 0.3) is 0 Å². The molecule has 138 valence electrons. The molecule has 0 radical (unpaired) electrons. The molecule has 0 saturated carbocycles. The molecule has 0 aromatic heterocycles. The van der Waals surface area contributed by atoms with Gasteiger partial charge in [-0.2, -0.15) is 0 Å². The number of carboxylic acid groups (broad SMARTS) is 1. The van der Waals surface area contributed by atoms with Crippen molar-refractivity contribution in [1.82, 2.24) is 5.32 Å². The summed E-state index contributed by atoms with van der Waals surface area (Å²) in [5.41, 5.74) is 1.57. The van der Waals surface area contributed by atoms with E-state index in [4.69, 9.17) is 4.74 Å². The van der Waals surface area contributed by atoms with Gasteiger partial charge in [-0.3, -0.25) is 0 Å². The lowest BCUT2D eigenvalue weighted by Gasteiger charge is -2.14. The highest BCUT2D eigenvalue weighted by Crippen LogP contribution is 2.25. The summed E-state index contributed by atoms with van der Waals surface area (Å²) in [6.45, 7) is 0.0613. The standard InChI is InChI=1S/C19H21NO6/c21-16-10-9-13(11-17(16)22)7-4-8-15(18(23)24)20-19(25)26-12-14-5-2-1-3-6-14/h1-3,5-6,9-11,15,21-22H,4,7-8,12H2,(H,20,25)(H,23,24). The van der Waals surface area contributed by atoms with Gasteiger partial charge >= 0.3 is 12.1 Å². The van der Waals surface area contributed by atoms with Crippen LogP contribution < -0.4 is 5.32 Å². The number of carboxylic acids is 1. The van der Waals surface area contributed by atoms with Crippen LogP contribution >= 0.6 is 0 Å². The second kappa shape index (κ2) is 9.31. The van der Waals surface area contributed by atoms with Crippen molar-refractivity contribution < 1.29 is 29.6 Å². The number of carbonyl (C=O) groups is 2. The zero-order chi connectivity index (χ0) is 18.9. The summed E-state index contributed by atoms with van der Waals surface area (Å²) in [6, 6.07) is 12.5. The number of hydrogen-bond acceptors (Lipinski definition) is 5. The number of amides is 1. The molecule has 2 rings (SSSR count). The maximum absolute atomic E-state index is 11.8. The lowest BCUT2D eigenvalue weighted by molar-refractivity contribution is -0.139. The highest BCUT2D eigenvalue weighted by Gasteiger charge is 2.20. The number of nitrogens with one attached hydrogen (secondary N) is 1. The predicted molar refractivity (Wildman–Crippen MR) is 93.9 cm³/mol. The van der Waals surface area contributed by atoms with Crippen molar-refractivity contribution in [3.8, 4) is 11.5 Å². The summed E-state index contributed by atoms with van der Waals surface area (Å²) in [6.07, 6.45) is 0.388. The molecular weight excluding hydrogens is 338 g/mol. The number of aliphatic carboxylic acids is 1. The lowest BCUT2D eigenvalue weighted by Crippen LogP contribution is -2.41. The van der Waals surface area contributed by atoms with Crippen LogP contribution in [0.1, 0.15) is 24.0 Å². The first-order valence-corrected chi connectivity index (χ1v) is 8.16. The van der Waals surface area contributed by atoms with Gasteiger partial charge in [-0.05, 0) is 42.5 Å². The zero-order valence-corrected chi connectivity index (χ0v) is 14.1. The third kappa shape index (κ3) is 6.01. The minimum Gasteiger partial charge on any atom is -0.504 e. The molecule has 4 N–H and O–H groups in total. The van der Waals surface area contributed by atoms with Gasteiger partial charge < -0.3 is 25.4 Å². The summed E-state index contributed by atoms with van der Waals surface area (Å²) in [4.78, 5) is 23.1. The zero-order valence-electron chi connectivity index (χ0n) is 14.1. The molecule has 1 atom stereocenters. The molecule has 0 bridgehead atoms. The highest BCUT2D eigenvalue weighted by atomic mass is 16.5. The van der Waals surface area contributed by atoms with E-state index in [0.29, 0.717) is 12.8 Å². The molecule has 0 saturated heterocycles. The molecule has 2 aromatic carbocycles. The Morgan fingerprint density at radius 2 is 1.73 bits per heavy atom. The van der Waals surface area contributed by atoms with Crippen LogP contribution in [0.15, 0.2) is 48.5 Å². The third-order valence-electron chi connectivity index (χ3n) is 3.80. The maximum atomic E-state index is 11.8. The topological polar surface area (TPSA) is 116 Å². The Hall–Kier alpha value is -3.22. The van der Waals surface area contributed by atoms with Crippen molar-refractivity contribution in [3.63, 3.8) is 0 Å². The van der Waals surface area contributed by atoms with Gasteiger partial charge in [0, 0.05) is 0 Å². The second-order valence-electron chi connectivity index (χ2n) is 5.81. The average molecular weight is 359 g/mol. The van der Waals surface area contributed by atoms with Gasteiger partial charge in [-0.25, -0.2) is 9.59 Å². The molecule has 7 heteroatoms. The van der Waals surface area contributed by atoms with Gasteiger partial charge in [0.2, 0.25) is 0 Å². The van der Waals surface area contributed by atoms with E-state index >= 15 is 0 Å². The molecule has 0 fully saturated rings. The largest absolute Gasteiger partial charge is 0.504 e. The molecule has 0 spiro atoms. The van der Waals surface area contributed by atoms with E-state index < -0.39 is 18.1 Å². The molecule has 0 aliphatic rings. The number of phenols is 2. The molecular formula is C19H21NO6. The summed E-state index contributed by atoms with van der Waals surface area (Å²) < 4.78 is 5.03. The first-order chi connectivity index (χ1) is 12.5. The predicted octanol–water partition coefficient (Wildman–Crippen LogP) is 2.80.